The lowest BCUT2D eigenvalue weighted by Gasteiger charge is -2.27. The van der Waals surface area contributed by atoms with Crippen LogP contribution in [0.3, 0.4) is 0 Å². The monoisotopic (exact) mass is 278 g/mol. The number of hydrogen-bond donors (Lipinski definition) is 1. The number of nitrogens with zero attached hydrogens (tertiary/aromatic N) is 1. The first-order valence-corrected chi connectivity index (χ1v) is 8.03. The predicted octanol–water partition coefficient (Wildman–Crippen LogP) is 3.33. The van der Waals surface area contributed by atoms with Gasteiger partial charge in [-0.2, -0.15) is 0 Å². The zero-order valence-corrected chi connectivity index (χ0v) is 12.4. The van der Waals surface area contributed by atoms with Crippen molar-refractivity contribution in [2.75, 3.05) is 24.5 Å². The van der Waals surface area contributed by atoms with Gasteiger partial charge in [0.05, 0.1) is 0 Å². The summed E-state index contributed by atoms with van der Waals surface area (Å²) in [5.74, 6) is 0.679. The minimum absolute atomic E-state index is 0.679. The van der Waals surface area contributed by atoms with E-state index in [0.29, 0.717) is 5.92 Å². The maximum atomic E-state index is 3.52. The van der Waals surface area contributed by atoms with Gasteiger partial charge in [-0.25, -0.2) is 0 Å². The molecule has 2 nitrogen and oxygen atoms in total. The maximum Gasteiger partial charge on any atom is 0.0414 e. The molecule has 0 spiro atoms. The third-order valence-electron chi connectivity index (χ3n) is 4.92. The highest BCUT2D eigenvalue weighted by Gasteiger charge is 2.26. The molecule has 1 N–H and O–H groups in total. The van der Waals surface area contributed by atoms with E-state index in [4.69, 9.17) is 0 Å². The van der Waals surface area contributed by atoms with Gasteiger partial charge in [-0.1, -0.05) is 42.5 Å². The van der Waals surface area contributed by atoms with Gasteiger partial charge < -0.3 is 10.2 Å². The molecule has 0 saturated carbocycles. The van der Waals surface area contributed by atoms with Crippen LogP contribution in [0, 0.1) is 0 Å². The number of benzene rings is 2. The Morgan fingerprint density at radius 2 is 1.90 bits per heavy atom. The van der Waals surface area contributed by atoms with Crippen molar-refractivity contribution in [2.45, 2.75) is 25.3 Å². The molecule has 108 valence electrons. The van der Waals surface area contributed by atoms with Gasteiger partial charge in [0.25, 0.3) is 0 Å². The molecule has 4 rings (SSSR count). The zero-order chi connectivity index (χ0) is 14.1. The van der Waals surface area contributed by atoms with Gasteiger partial charge in [0.1, 0.15) is 0 Å². The minimum atomic E-state index is 0.679. The standard InChI is InChI=1S/C19H22N2/c1-2-5-15(6-3-1)17-10-12-21(14-17)19-8-4-7-16-9-11-20-13-18(16)19/h1-8,17,20H,9-14H2. The lowest BCUT2D eigenvalue weighted by Crippen LogP contribution is -2.28. The van der Waals surface area contributed by atoms with Gasteiger partial charge in [0.15, 0.2) is 0 Å². The van der Waals surface area contributed by atoms with Crippen LogP contribution in [0.15, 0.2) is 48.5 Å². The molecule has 0 amide bonds. The summed E-state index contributed by atoms with van der Waals surface area (Å²) < 4.78 is 0. The fourth-order valence-electron chi connectivity index (χ4n) is 3.77. The van der Waals surface area contributed by atoms with Crippen LogP contribution in [0.2, 0.25) is 0 Å². The number of fused-ring (bicyclic) bond motifs is 1. The molecular formula is C19H22N2. The molecule has 2 heteroatoms. The van der Waals surface area contributed by atoms with E-state index in [0.717, 1.165) is 19.6 Å². The van der Waals surface area contributed by atoms with E-state index in [-0.39, 0.29) is 0 Å². The molecule has 2 aliphatic rings. The van der Waals surface area contributed by atoms with E-state index in [1.165, 1.54) is 41.8 Å². The van der Waals surface area contributed by atoms with Gasteiger partial charge >= 0.3 is 0 Å². The Balaban J connectivity index is 1.59. The third-order valence-corrected chi connectivity index (χ3v) is 4.92. The number of nitrogens with one attached hydrogen (secondary N) is 1. The Morgan fingerprint density at radius 3 is 2.81 bits per heavy atom. The highest BCUT2D eigenvalue weighted by Crippen LogP contribution is 2.34. The highest BCUT2D eigenvalue weighted by molar-refractivity contribution is 5.58. The van der Waals surface area contributed by atoms with E-state index in [2.05, 4.69) is 58.7 Å². The quantitative estimate of drug-likeness (QED) is 0.906. The second kappa shape index (κ2) is 5.53. The van der Waals surface area contributed by atoms with Crippen LogP contribution in [0.1, 0.15) is 29.0 Å². The molecule has 2 aliphatic heterocycles. The molecule has 2 heterocycles. The summed E-state index contributed by atoms with van der Waals surface area (Å²) in [6.45, 7) is 4.47. The van der Waals surface area contributed by atoms with Crippen LogP contribution in [-0.2, 0) is 13.0 Å². The van der Waals surface area contributed by atoms with Crippen molar-refractivity contribution in [3.05, 3.63) is 65.2 Å². The van der Waals surface area contributed by atoms with Gasteiger partial charge in [0, 0.05) is 31.2 Å². The molecule has 0 radical (unpaired) electrons. The largest absolute Gasteiger partial charge is 0.371 e. The van der Waals surface area contributed by atoms with Gasteiger partial charge in [-0.3, -0.25) is 0 Å². The van der Waals surface area contributed by atoms with Crippen LogP contribution < -0.4 is 10.2 Å². The van der Waals surface area contributed by atoms with Crippen LogP contribution >= 0.6 is 0 Å². The fourth-order valence-corrected chi connectivity index (χ4v) is 3.77. The molecule has 1 saturated heterocycles. The van der Waals surface area contributed by atoms with E-state index in [1.54, 1.807) is 0 Å². The summed E-state index contributed by atoms with van der Waals surface area (Å²) in [6.07, 6.45) is 2.43. The van der Waals surface area contributed by atoms with Crippen molar-refractivity contribution < 1.29 is 0 Å². The first-order valence-electron chi connectivity index (χ1n) is 8.03. The molecule has 2 aromatic carbocycles. The molecular weight excluding hydrogens is 256 g/mol. The summed E-state index contributed by atoms with van der Waals surface area (Å²) in [6, 6.07) is 17.8. The van der Waals surface area contributed by atoms with Crippen LogP contribution in [0.25, 0.3) is 0 Å². The number of rotatable bonds is 2. The van der Waals surface area contributed by atoms with Gasteiger partial charge in [-0.15, -0.1) is 0 Å². The summed E-state index contributed by atoms with van der Waals surface area (Å²) in [7, 11) is 0. The van der Waals surface area contributed by atoms with Crippen LogP contribution in [-0.4, -0.2) is 19.6 Å². The fraction of sp³-hybridized carbons (Fsp3) is 0.368. The Kier molecular flexibility index (Phi) is 3.40. The molecule has 0 bridgehead atoms. The average molecular weight is 278 g/mol. The normalized spacial score (nSPS) is 21.3. The summed E-state index contributed by atoms with van der Waals surface area (Å²) in [5.41, 5.74) is 6.01. The molecule has 1 fully saturated rings. The summed E-state index contributed by atoms with van der Waals surface area (Å²) >= 11 is 0. The topological polar surface area (TPSA) is 15.3 Å². The SMILES string of the molecule is c1ccc(C2CCN(c3cccc4c3CNCC4)C2)cc1. The Bertz CT molecular complexity index is 621. The predicted molar refractivity (Wildman–Crippen MR) is 87.9 cm³/mol. The molecule has 0 aliphatic carbocycles. The van der Waals surface area contributed by atoms with Crippen molar-refractivity contribution in [1.82, 2.24) is 5.32 Å². The highest BCUT2D eigenvalue weighted by atomic mass is 15.2. The average Bonchev–Trinajstić information content (AvgIpc) is 3.05. The van der Waals surface area contributed by atoms with Crippen molar-refractivity contribution in [2.24, 2.45) is 0 Å². The minimum Gasteiger partial charge on any atom is -0.371 e. The second-order valence-electron chi connectivity index (χ2n) is 6.18. The number of hydrogen-bond acceptors (Lipinski definition) is 2. The van der Waals surface area contributed by atoms with E-state index >= 15 is 0 Å². The van der Waals surface area contributed by atoms with Crippen molar-refractivity contribution in [3.63, 3.8) is 0 Å². The van der Waals surface area contributed by atoms with Crippen molar-refractivity contribution in [3.8, 4) is 0 Å². The molecule has 1 unspecified atom stereocenters. The van der Waals surface area contributed by atoms with E-state index in [1.807, 2.05) is 0 Å². The van der Waals surface area contributed by atoms with Crippen LogP contribution in [0.4, 0.5) is 5.69 Å². The molecule has 2 aromatic rings. The maximum absolute atomic E-state index is 3.52. The summed E-state index contributed by atoms with van der Waals surface area (Å²) in [5, 5.41) is 3.52. The third kappa shape index (κ3) is 2.44. The van der Waals surface area contributed by atoms with E-state index < -0.39 is 0 Å². The van der Waals surface area contributed by atoms with Gasteiger partial charge in [-0.05, 0) is 42.1 Å². The lowest BCUT2D eigenvalue weighted by atomic mass is 9.98. The first kappa shape index (κ1) is 12.9. The van der Waals surface area contributed by atoms with Crippen LogP contribution in [0.5, 0.6) is 0 Å². The Labute approximate surface area is 126 Å². The smallest absolute Gasteiger partial charge is 0.0414 e. The summed E-state index contributed by atoms with van der Waals surface area (Å²) in [4.78, 5) is 2.59. The number of anilines is 1. The van der Waals surface area contributed by atoms with Crippen molar-refractivity contribution in [1.29, 1.82) is 0 Å². The molecule has 1 atom stereocenters. The second-order valence-corrected chi connectivity index (χ2v) is 6.18. The van der Waals surface area contributed by atoms with Crippen molar-refractivity contribution >= 4 is 5.69 Å². The molecule has 21 heavy (non-hydrogen) atoms. The molecule has 0 aromatic heterocycles. The lowest BCUT2D eigenvalue weighted by molar-refractivity contribution is 0.642. The van der Waals surface area contributed by atoms with E-state index in [9.17, 15) is 0 Å². The van der Waals surface area contributed by atoms with Gasteiger partial charge in [0.2, 0.25) is 0 Å². The Hall–Kier alpha value is -1.80. The Morgan fingerprint density at radius 1 is 1.00 bits per heavy atom. The zero-order valence-electron chi connectivity index (χ0n) is 12.4. The first-order chi connectivity index (χ1) is 10.4.